The molecule has 122 valence electrons. The normalized spacial score (nSPS) is 11.4. The minimum Gasteiger partial charge on any atom is -0.382 e. The van der Waals surface area contributed by atoms with Crippen LogP contribution in [0.3, 0.4) is 0 Å². The van der Waals surface area contributed by atoms with Gasteiger partial charge in [0.25, 0.3) is 0 Å². The molecule has 0 radical (unpaired) electrons. The number of ether oxygens (including phenoxy) is 3. The van der Waals surface area contributed by atoms with Crippen molar-refractivity contribution >= 4 is 0 Å². The molecule has 1 heterocycles. The summed E-state index contributed by atoms with van der Waals surface area (Å²) < 4.78 is 17.8. The molecule has 0 unspecified atom stereocenters. The third-order valence-corrected chi connectivity index (χ3v) is 2.84. The Morgan fingerprint density at radius 2 is 1.86 bits per heavy atom. The van der Waals surface area contributed by atoms with E-state index in [2.05, 4.69) is 34.9 Å². The van der Waals surface area contributed by atoms with Crippen molar-refractivity contribution in [2.45, 2.75) is 26.9 Å². The van der Waals surface area contributed by atoms with Crippen LogP contribution in [0.1, 0.15) is 19.5 Å². The standard InChI is InChI=1S/C15H29N3O3/c1-14(2)10-16-11-15-12-18(13-17-15)4-5-20-8-9-21-7-6-19-3/h12-14,16H,4-11H2,1-3H3. The van der Waals surface area contributed by atoms with Gasteiger partial charge >= 0.3 is 0 Å². The average molecular weight is 299 g/mol. The van der Waals surface area contributed by atoms with Crippen molar-refractivity contribution in [2.24, 2.45) is 5.92 Å². The molecule has 0 aromatic carbocycles. The lowest BCUT2D eigenvalue weighted by atomic mass is 10.2. The summed E-state index contributed by atoms with van der Waals surface area (Å²) in [4.78, 5) is 4.37. The molecular weight excluding hydrogens is 270 g/mol. The van der Waals surface area contributed by atoms with Gasteiger partial charge in [-0.1, -0.05) is 13.8 Å². The zero-order valence-corrected chi connectivity index (χ0v) is 13.5. The van der Waals surface area contributed by atoms with Crippen LogP contribution in [0.2, 0.25) is 0 Å². The summed E-state index contributed by atoms with van der Waals surface area (Å²) in [6.07, 6.45) is 3.91. The molecule has 0 aliphatic heterocycles. The molecule has 1 aromatic heterocycles. The topological polar surface area (TPSA) is 57.5 Å². The second kappa shape index (κ2) is 11.7. The van der Waals surface area contributed by atoms with E-state index < -0.39 is 0 Å². The van der Waals surface area contributed by atoms with E-state index in [1.807, 2.05) is 6.33 Å². The van der Waals surface area contributed by atoms with Gasteiger partial charge in [0, 0.05) is 26.4 Å². The van der Waals surface area contributed by atoms with E-state index in [4.69, 9.17) is 14.2 Å². The maximum absolute atomic E-state index is 5.51. The minimum absolute atomic E-state index is 0.609. The van der Waals surface area contributed by atoms with E-state index in [1.54, 1.807) is 7.11 Å². The molecule has 1 aromatic rings. The van der Waals surface area contributed by atoms with Gasteiger partial charge in [-0.3, -0.25) is 0 Å². The van der Waals surface area contributed by atoms with Crippen molar-refractivity contribution in [2.75, 3.05) is 46.7 Å². The Balaban J connectivity index is 2.01. The third kappa shape index (κ3) is 9.57. The van der Waals surface area contributed by atoms with Gasteiger partial charge in [-0.05, 0) is 12.5 Å². The lowest BCUT2D eigenvalue weighted by Crippen LogP contribution is -2.19. The molecule has 0 aliphatic carbocycles. The number of rotatable bonds is 13. The van der Waals surface area contributed by atoms with Crippen LogP contribution in [-0.2, 0) is 27.3 Å². The lowest BCUT2D eigenvalue weighted by molar-refractivity contribution is 0.0230. The number of methoxy groups -OCH3 is 1. The Labute approximate surface area is 127 Å². The molecule has 0 aliphatic rings. The summed E-state index contributed by atoms with van der Waals surface area (Å²) in [5, 5.41) is 3.38. The summed E-state index contributed by atoms with van der Waals surface area (Å²) in [6, 6.07) is 0. The first-order valence-electron chi connectivity index (χ1n) is 7.58. The fraction of sp³-hybridized carbons (Fsp3) is 0.800. The van der Waals surface area contributed by atoms with Crippen LogP contribution in [0.4, 0.5) is 0 Å². The van der Waals surface area contributed by atoms with E-state index in [0.29, 0.717) is 39.0 Å². The minimum atomic E-state index is 0.609. The highest BCUT2D eigenvalue weighted by Gasteiger charge is 2.00. The molecule has 0 atom stereocenters. The van der Waals surface area contributed by atoms with Gasteiger partial charge in [0.2, 0.25) is 0 Å². The Kier molecular flexibility index (Phi) is 10.1. The highest BCUT2D eigenvalue weighted by molar-refractivity contribution is 4.96. The smallest absolute Gasteiger partial charge is 0.0950 e. The first kappa shape index (κ1) is 18.1. The largest absolute Gasteiger partial charge is 0.382 e. The summed E-state index contributed by atoms with van der Waals surface area (Å²) in [5.74, 6) is 0.659. The van der Waals surface area contributed by atoms with E-state index in [9.17, 15) is 0 Å². The fourth-order valence-electron chi connectivity index (χ4n) is 1.74. The molecule has 6 nitrogen and oxygen atoms in total. The molecule has 6 heteroatoms. The highest BCUT2D eigenvalue weighted by atomic mass is 16.5. The van der Waals surface area contributed by atoms with Crippen LogP contribution in [-0.4, -0.2) is 56.2 Å². The number of hydrogen-bond acceptors (Lipinski definition) is 5. The molecule has 0 saturated heterocycles. The van der Waals surface area contributed by atoms with Crippen molar-refractivity contribution in [3.63, 3.8) is 0 Å². The van der Waals surface area contributed by atoms with Crippen LogP contribution in [0, 0.1) is 5.92 Å². The van der Waals surface area contributed by atoms with Crippen molar-refractivity contribution in [3.05, 3.63) is 18.2 Å². The molecule has 0 saturated carbocycles. The Morgan fingerprint density at radius 3 is 2.57 bits per heavy atom. The fourth-order valence-corrected chi connectivity index (χ4v) is 1.74. The number of hydrogen-bond donors (Lipinski definition) is 1. The lowest BCUT2D eigenvalue weighted by Gasteiger charge is -2.06. The van der Waals surface area contributed by atoms with Gasteiger partial charge in [0.05, 0.1) is 45.1 Å². The summed E-state index contributed by atoms with van der Waals surface area (Å²) in [5.41, 5.74) is 1.07. The zero-order chi connectivity index (χ0) is 15.3. The average Bonchev–Trinajstić information content (AvgIpc) is 2.89. The van der Waals surface area contributed by atoms with Gasteiger partial charge in [-0.25, -0.2) is 4.98 Å². The predicted molar refractivity (Wildman–Crippen MR) is 82.3 cm³/mol. The first-order chi connectivity index (χ1) is 10.2. The monoisotopic (exact) mass is 299 g/mol. The molecular formula is C15H29N3O3. The van der Waals surface area contributed by atoms with Crippen LogP contribution in [0.5, 0.6) is 0 Å². The number of nitrogens with zero attached hydrogens (tertiary/aromatic N) is 2. The van der Waals surface area contributed by atoms with E-state index in [-0.39, 0.29) is 0 Å². The number of imidazole rings is 1. The second-order valence-corrected chi connectivity index (χ2v) is 5.35. The summed E-state index contributed by atoms with van der Waals surface area (Å²) in [6.45, 7) is 10.2. The highest BCUT2D eigenvalue weighted by Crippen LogP contribution is 1.97. The predicted octanol–water partition coefficient (Wildman–Crippen LogP) is 1.31. The SMILES string of the molecule is COCCOCCOCCn1cnc(CNCC(C)C)c1. The van der Waals surface area contributed by atoms with Crippen molar-refractivity contribution in [1.82, 2.24) is 14.9 Å². The molecule has 1 N–H and O–H groups in total. The molecule has 0 fully saturated rings. The number of aromatic nitrogens is 2. The second-order valence-electron chi connectivity index (χ2n) is 5.35. The third-order valence-electron chi connectivity index (χ3n) is 2.84. The van der Waals surface area contributed by atoms with Crippen LogP contribution < -0.4 is 5.32 Å². The Morgan fingerprint density at radius 1 is 1.14 bits per heavy atom. The van der Waals surface area contributed by atoms with Crippen molar-refractivity contribution in [1.29, 1.82) is 0 Å². The van der Waals surface area contributed by atoms with E-state index in [0.717, 1.165) is 25.3 Å². The van der Waals surface area contributed by atoms with Crippen molar-refractivity contribution in [3.8, 4) is 0 Å². The maximum atomic E-state index is 5.51. The van der Waals surface area contributed by atoms with Gasteiger partial charge in [0.15, 0.2) is 0 Å². The molecule has 0 bridgehead atoms. The first-order valence-corrected chi connectivity index (χ1v) is 7.58. The van der Waals surface area contributed by atoms with E-state index >= 15 is 0 Å². The molecule has 0 spiro atoms. The zero-order valence-electron chi connectivity index (χ0n) is 13.5. The van der Waals surface area contributed by atoms with Crippen LogP contribution in [0.25, 0.3) is 0 Å². The van der Waals surface area contributed by atoms with Gasteiger partial charge in [-0.15, -0.1) is 0 Å². The Bertz CT molecular complexity index is 356. The van der Waals surface area contributed by atoms with Crippen molar-refractivity contribution < 1.29 is 14.2 Å². The van der Waals surface area contributed by atoms with Gasteiger partial charge in [-0.2, -0.15) is 0 Å². The molecule has 1 rings (SSSR count). The Hall–Kier alpha value is -0.950. The van der Waals surface area contributed by atoms with E-state index in [1.165, 1.54) is 0 Å². The molecule has 0 amide bonds. The van der Waals surface area contributed by atoms with Crippen LogP contribution >= 0.6 is 0 Å². The van der Waals surface area contributed by atoms with Gasteiger partial charge < -0.3 is 24.1 Å². The summed E-state index contributed by atoms with van der Waals surface area (Å²) in [7, 11) is 1.66. The number of nitrogens with one attached hydrogen (secondary N) is 1. The van der Waals surface area contributed by atoms with Gasteiger partial charge in [0.1, 0.15) is 0 Å². The summed E-state index contributed by atoms with van der Waals surface area (Å²) >= 11 is 0. The van der Waals surface area contributed by atoms with Crippen LogP contribution in [0.15, 0.2) is 12.5 Å². The quantitative estimate of drug-likeness (QED) is 0.557. The maximum Gasteiger partial charge on any atom is 0.0950 e. The molecule has 21 heavy (non-hydrogen) atoms.